The van der Waals surface area contributed by atoms with E-state index in [0.29, 0.717) is 34.4 Å². The van der Waals surface area contributed by atoms with Crippen LogP contribution < -0.4 is 18.9 Å². The number of hydrogen-bond acceptors (Lipinski definition) is 8. The molecule has 4 aromatic rings. The molecule has 0 aliphatic rings. The first-order valence-corrected chi connectivity index (χ1v) is 11.5. The summed E-state index contributed by atoms with van der Waals surface area (Å²) >= 11 is 0. The van der Waals surface area contributed by atoms with Crippen LogP contribution >= 0.6 is 0 Å². The molecule has 172 valence electrons. The second kappa shape index (κ2) is 9.43. The Labute approximate surface area is 191 Å². The summed E-state index contributed by atoms with van der Waals surface area (Å²) in [7, 11) is -0.483. The van der Waals surface area contributed by atoms with Crippen LogP contribution in [0.1, 0.15) is 5.56 Å². The van der Waals surface area contributed by atoms with Gasteiger partial charge in [0.15, 0.2) is 11.5 Å². The number of ether oxygens (including phenoxy) is 3. The molecule has 0 radical (unpaired) electrons. The van der Waals surface area contributed by atoms with Gasteiger partial charge in [0.1, 0.15) is 18.1 Å². The van der Waals surface area contributed by atoms with Crippen molar-refractivity contribution in [3.8, 4) is 28.8 Å². The van der Waals surface area contributed by atoms with E-state index >= 15 is 0 Å². The van der Waals surface area contributed by atoms with Crippen LogP contribution in [0.4, 0.5) is 0 Å². The molecule has 1 N–H and O–H groups in total. The first kappa shape index (κ1) is 22.5. The predicted octanol–water partition coefficient (Wildman–Crippen LogP) is 2.47. The van der Waals surface area contributed by atoms with Gasteiger partial charge in [0.05, 0.1) is 24.7 Å². The normalized spacial score (nSPS) is 11.5. The Morgan fingerprint density at radius 2 is 1.85 bits per heavy atom. The minimum atomic E-state index is -3.62. The Bertz CT molecular complexity index is 1390. The van der Waals surface area contributed by atoms with Crippen molar-refractivity contribution in [2.45, 2.75) is 11.8 Å². The fourth-order valence-corrected chi connectivity index (χ4v) is 4.32. The van der Waals surface area contributed by atoms with Crippen molar-refractivity contribution >= 4 is 15.7 Å². The molecule has 2 aromatic carbocycles. The first-order chi connectivity index (χ1) is 15.9. The van der Waals surface area contributed by atoms with Crippen LogP contribution in [0.2, 0.25) is 0 Å². The van der Waals surface area contributed by atoms with Crippen molar-refractivity contribution in [1.29, 1.82) is 0 Å². The van der Waals surface area contributed by atoms with E-state index < -0.39 is 10.0 Å². The maximum atomic E-state index is 12.4. The molecule has 0 saturated carbocycles. The highest BCUT2D eigenvalue weighted by Gasteiger charge is 2.17. The predicted molar refractivity (Wildman–Crippen MR) is 121 cm³/mol. The third-order valence-electron chi connectivity index (χ3n) is 4.83. The lowest BCUT2D eigenvalue weighted by Gasteiger charge is -2.10. The number of sulfonamides is 1. The summed E-state index contributed by atoms with van der Waals surface area (Å²) in [4.78, 5) is 0.211. The molecule has 0 bridgehead atoms. The average Bonchev–Trinajstić information content (AvgIpc) is 3.24. The van der Waals surface area contributed by atoms with Gasteiger partial charge in [0.25, 0.3) is 0 Å². The van der Waals surface area contributed by atoms with E-state index in [4.69, 9.17) is 14.2 Å². The van der Waals surface area contributed by atoms with Gasteiger partial charge in [-0.15, -0.1) is 15.3 Å². The standard InChI is InChI=1S/C22H23N5O5S/c1-15-5-4-6-17(13-15)33(28,29)23-11-12-32-21-10-9-20-24-25-22(27(20)26-21)18-14-16(30-2)7-8-19(18)31-3/h4-10,13-14,23H,11-12H2,1-3H3. The van der Waals surface area contributed by atoms with Crippen molar-refractivity contribution < 1.29 is 22.6 Å². The van der Waals surface area contributed by atoms with Crippen molar-refractivity contribution in [2.75, 3.05) is 27.4 Å². The Kier molecular flexibility index (Phi) is 6.43. The number of fused-ring (bicyclic) bond motifs is 1. The third-order valence-corrected chi connectivity index (χ3v) is 6.29. The summed E-state index contributed by atoms with van der Waals surface area (Å²) in [5, 5.41) is 12.8. The van der Waals surface area contributed by atoms with E-state index in [-0.39, 0.29) is 18.0 Å². The summed E-state index contributed by atoms with van der Waals surface area (Å²) in [6.07, 6.45) is 0. The molecule has 0 unspecified atom stereocenters. The fraction of sp³-hybridized carbons (Fsp3) is 0.227. The fourth-order valence-electron chi connectivity index (χ4n) is 3.20. The van der Waals surface area contributed by atoms with Crippen molar-refractivity contribution in [1.82, 2.24) is 24.5 Å². The highest BCUT2D eigenvalue weighted by atomic mass is 32.2. The van der Waals surface area contributed by atoms with Gasteiger partial charge in [-0.2, -0.15) is 4.52 Å². The van der Waals surface area contributed by atoms with Crippen molar-refractivity contribution in [2.24, 2.45) is 0 Å². The average molecular weight is 470 g/mol. The number of aromatic nitrogens is 4. The Hall–Kier alpha value is -3.70. The topological polar surface area (TPSA) is 117 Å². The first-order valence-electron chi connectivity index (χ1n) is 10.1. The minimum Gasteiger partial charge on any atom is -0.497 e. The molecule has 0 aliphatic heterocycles. The second-order valence-corrected chi connectivity index (χ2v) is 8.86. The van der Waals surface area contributed by atoms with Crippen LogP contribution in [0.25, 0.3) is 17.0 Å². The maximum absolute atomic E-state index is 12.4. The highest BCUT2D eigenvalue weighted by molar-refractivity contribution is 7.89. The van der Waals surface area contributed by atoms with Gasteiger partial charge in [-0.3, -0.25) is 0 Å². The van der Waals surface area contributed by atoms with Gasteiger partial charge in [-0.1, -0.05) is 12.1 Å². The van der Waals surface area contributed by atoms with Gasteiger partial charge in [-0.25, -0.2) is 13.1 Å². The molecule has 0 aliphatic carbocycles. The molecule has 0 amide bonds. The van der Waals surface area contributed by atoms with Gasteiger partial charge >= 0.3 is 0 Å². The molecule has 2 heterocycles. The Morgan fingerprint density at radius 3 is 2.61 bits per heavy atom. The van der Waals surface area contributed by atoms with Crippen LogP contribution in [0.5, 0.6) is 17.4 Å². The number of hydrogen-bond donors (Lipinski definition) is 1. The zero-order chi connectivity index (χ0) is 23.4. The van der Waals surface area contributed by atoms with E-state index in [0.717, 1.165) is 5.56 Å². The van der Waals surface area contributed by atoms with Crippen LogP contribution in [-0.2, 0) is 10.0 Å². The quantitative estimate of drug-likeness (QED) is 0.372. The zero-order valence-corrected chi connectivity index (χ0v) is 19.2. The number of nitrogens with one attached hydrogen (secondary N) is 1. The lowest BCUT2D eigenvalue weighted by atomic mass is 10.2. The lowest BCUT2D eigenvalue weighted by Crippen LogP contribution is -2.28. The van der Waals surface area contributed by atoms with Gasteiger partial charge in [0.2, 0.25) is 15.9 Å². The van der Waals surface area contributed by atoms with E-state index in [9.17, 15) is 8.42 Å². The molecule has 2 aromatic heterocycles. The largest absolute Gasteiger partial charge is 0.497 e. The third kappa shape index (κ3) is 4.89. The highest BCUT2D eigenvalue weighted by Crippen LogP contribution is 2.32. The van der Waals surface area contributed by atoms with Gasteiger partial charge in [-0.05, 0) is 48.9 Å². The Balaban J connectivity index is 1.49. The summed E-state index contributed by atoms with van der Waals surface area (Å²) < 4.78 is 45.3. The van der Waals surface area contributed by atoms with Crippen LogP contribution in [0, 0.1) is 6.92 Å². The van der Waals surface area contributed by atoms with E-state index in [2.05, 4.69) is 20.0 Å². The van der Waals surface area contributed by atoms with E-state index in [1.807, 2.05) is 13.0 Å². The monoisotopic (exact) mass is 469 g/mol. The van der Waals surface area contributed by atoms with Gasteiger partial charge < -0.3 is 14.2 Å². The summed E-state index contributed by atoms with van der Waals surface area (Å²) in [6, 6.07) is 15.4. The van der Waals surface area contributed by atoms with Crippen molar-refractivity contribution in [3.63, 3.8) is 0 Å². The number of rotatable bonds is 9. The summed E-state index contributed by atoms with van der Waals surface area (Å²) in [6.45, 7) is 2.00. The molecule has 0 saturated heterocycles. The number of aryl methyl sites for hydroxylation is 1. The maximum Gasteiger partial charge on any atom is 0.240 e. The summed E-state index contributed by atoms with van der Waals surface area (Å²) in [5.74, 6) is 1.96. The van der Waals surface area contributed by atoms with Crippen LogP contribution in [0.15, 0.2) is 59.5 Å². The molecule has 10 nitrogen and oxygen atoms in total. The molecule has 0 fully saturated rings. The molecule has 11 heteroatoms. The van der Waals surface area contributed by atoms with Crippen LogP contribution in [0.3, 0.4) is 0 Å². The number of benzene rings is 2. The Morgan fingerprint density at radius 1 is 1.00 bits per heavy atom. The number of nitrogens with zero attached hydrogens (tertiary/aromatic N) is 4. The molecule has 0 atom stereocenters. The van der Waals surface area contributed by atoms with Crippen LogP contribution in [-0.4, -0.2) is 55.6 Å². The lowest BCUT2D eigenvalue weighted by molar-refractivity contribution is 0.306. The molecule has 33 heavy (non-hydrogen) atoms. The van der Waals surface area contributed by atoms with E-state index in [1.165, 1.54) is 4.52 Å². The van der Waals surface area contributed by atoms with E-state index in [1.54, 1.807) is 62.8 Å². The zero-order valence-electron chi connectivity index (χ0n) is 18.3. The second-order valence-electron chi connectivity index (χ2n) is 7.09. The molecular formula is C22H23N5O5S. The molecule has 0 spiro atoms. The smallest absolute Gasteiger partial charge is 0.240 e. The minimum absolute atomic E-state index is 0.0781. The number of methoxy groups -OCH3 is 2. The molecular weight excluding hydrogens is 446 g/mol. The molecule has 4 rings (SSSR count). The van der Waals surface area contributed by atoms with Gasteiger partial charge in [0, 0.05) is 12.6 Å². The van der Waals surface area contributed by atoms with Crippen molar-refractivity contribution in [3.05, 3.63) is 60.2 Å². The summed E-state index contributed by atoms with van der Waals surface area (Å²) in [5.41, 5.74) is 2.03. The SMILES string of the molecule is COc1ccc(OC)c(-c2nnc3ccc(OCCNS(=O)(=O)c4cccc(C)c4)nn23)c1.